The van der Waals surface area contributed by atoms with E-state index in [1.807, 2.05) is 0 Å². The first-order chi connectivity index (χ1) is 10.2. The van der Waals surface area contributed by atoms with Gasteiger partial charge in [-0.15, -0.1) is 0 Å². The van der Waals surface area contributed by atoms with Gasteiger partial charge in [0.1, 0.15) is 0 Å². The fourth-order valence-electron chi connectivity index (χ4n) is 2.99. The normalized spacial score (nSPS) is 19.0. The highest BCUT2D eigenvalue weighted by Gasteiger charge is 2.20. The largest absolute Gasteiger partial charge is 0.372 e. The lowest BCUT2D eigenvalue weighted by molar-refractivity contribution is 0.0410. The Bertz CT molecular complexity index is 608. The van der Waals surface area contributed by atoms with Crippen LogP contribution in [0.3, 0.4) is 0 Å². The molecule has 1 aliphatic heterocycles. The molecule has 1 heterocycles. The number of fused-ring (bicyclic) bond motifs is 1. The van der Waals surface area contributed by atoms with Crippen molar-refractivity contribution in [1.29, 1.82) is 0 Å². The first-order valence-corrected chi connectivity index (χ1v) is 7.73. The molecule has 21 heavy (non-hydrogen) atoms. The number of hydrogen-bond acceptors (Lipinski definition) is 2. The van der Waals surface area contributed by atoms with Gasteiger partial charge in [-0.3, -0.25) is 0 Å². The van der Waals surface area contributed by atoms with E-state index >= 15 is 0 Å². The van der Waals surface area contributed by atoms with Gasteiger partial charge in [0.15, 0.2) is 0 Å². The Morgan fingerprint density at radius 3 is 2.90 bits per heavy atom. The zero-order valence-corrected chi connectivity index (χ0v) is 12.8. The van der Waals surface area contributed by atoms with Gasteiger partial charge in [-0.1, -0.05) is 54.1 Å². The van der Waals surface area contributed by atoms with Gasteiger partial charge >= 0.3 is 0 Å². The van der Waals surface area contributed by atoms with Crippen LogP contribution >= 0.6 is 0 Å². The second kappa shape index (κ2) is 6.42. The first-order valence-electron chi connectivity index (χ1n) is 7.73. The number of benzene rings is 2. The lowest BCUT2D eigenvalue weighted by Gasteiger charge is -2.27. The van der Waals surface area contributed by atoms with Crippen LogP contribution in [-0.4, -0.2) is 13.2 Å². The standard InChI is InChI=1S/C19H23NO/c1-14-6-5-8-17(12-14)15(2)20-13-19-18-9-4-3-7-16(18)10-11-21-19/h3-9,12,15,19-20H,10-11,13H2,1-2H3/t15-,19?/m0/s1. The zero-order valence-electron chi connectivity index (χ0n) is 12.8. The second-order valence-electron chi connectivity index (χ2n) is 5.85. The highest BCUT2D eigenvalue weighted by molar-refractivity contribution is 5.31. The molecule has 2 heteroatoms. The van der Waals surface area contributed by atoms with Crippen molar-refractivity contribution in [2.75, 3.05) is 13.2 Å². The summed E-state index contributed by atoms with van der Waals surface area (Å²) in [5.41, 5.74) is 5.41. The SMILES string of the molecule is Cc1cccc([C@H](C)NCC2OCCc3ccccc32)c1. The van der Waals surface area contributed by atoms with Gasteiger partial charge in [-0.25, -0.2) is 0 Å². The van der Waals surface area contributed by atoms with Gasteiger partial charge in [-0.2, -0.15) is 0 Å². The predicted octanol–water partition coefficient (Wildman–Crippen LogP) is 3.96. The van der Waals surface area contributed by atoms with Crippen LogP contribution in [0.2, 0.25) is 0 Å². The predicted molar refractivity (Wildman–Crippen MR) is 86.4 cm³/mol. The molecular formula is C19H23NO. The molecule has 0 fully saturated rings. The van der Waals surface area contributed by atoms with Crippen molar-refractivity contribution in [2.24, 2.45) is 0 Å². The lowest BCUT2D eigenvalue weighted by atomic mass is 9.97. The maximum Gasteiger partial charge on any atom is 0.0952 e. The van der Waals surface area contributed by atoms with Crippen LogP contribution in [-0.2, 0) is 11.2 Å². The van der Waals surface area contributed by atoms with Gasteiger partial charge in [0, 0.05) is 12.6 Å². The van der Waals surface area contributed by atoms with Crippen LogP contribution in [0.5, 0.6) is 0 Å². The summed E-state index contributed by atoms with van der Waals surface area (Å²) in [6.07, 6.45) is 1.20. The van der Waals surface area contributed by atoms with Crippen molar-refractivity contribution < 1.29 is 4.74 Å². The van der Waals surface area contributed by atoms with E-state index in [4.69, 9.17) is 4.74 Å². The molecule has 0 radical (unpaired) electrons. The quantitative estimate of drug-likeness (QED) is 0.916. The van der Waals surface area contributed by atoms with Crippen LogP contribution < -0.4 is 5.32 Å². The third kappa shape index (κ3) is 3.34. The Balaban J connectivity index is 1.66. The van der Waals surface area contributed by atoms with Crippen molar-refractivity contribution in [3.8, 4) is 0 Å². The molecule has 0 amide bonds. The van der Waals surface area contributed by atoms with Crippen molar-refractivity contribution in [3.63, 3.8) is 0 Å². The average molecular weight is 281 g/mol. The van der Waals surface area contributed by atoms with Crippen LogP contribution in [0, 0.1) is 6.92 Å². The third-order valence-electron chi connectivity index (χ3n) is 4.24. The van der Waals surface area contributed by atoms with Gasteiger partial charge in [-0.05, 0) is 37.0 Å². The molecule has 0 saturated carbocycles. The summed E-state index contributed by atoms with van der Waals surface area (Å²) in [7, 11) is 0. The summed E-state index contributed by atoms with van der Waals surface area (Å²) in [4.78, 5) is 0. The zero-order chi connectivity index (χ0) is 14.7. The van der Waals surface area contributed by atoms with Crippen LogP contribution in [0.1, 0.15) is 41.3 Å². The Morgan fingerprint density at radius 1 is 1.19 bits per heavy atom. The molecule has 2 nitrogen and oxygen atoms in total. The number of nitrogens with one attached hydrogen (secondary N) is 1. The van der Waals surface area contributed by atoms with E-state index in [-0.39, 0.29) is 6.10 Å². The van der Waals surface area contributed by atoms with E-state index < -0.39 is 0 Å². The smallest absolute Gasteiger partial charge is 0.0952 e. The van der Waals surface area contributed by atoms with Crippen molar-refractivity contribution in [2.45, 2.75) is 32.4 Å². The number of aryl methyl sites for hydroxylation is 1. The summed E-state index contributed by atoms with van der Waals surface area (Å²) >= 11 is 0. The average Bonchev–Trinajstić information content (AvgIpc) is 2.52. The van der Waals surface area contributed by atoms with E-state index in [1.165, 1.54) is 22.3 Å². The van der Waals surface area contributed by atoms with E-state index in [0.717, 1.165) is 19.6 Å². The summed E-state index contributed by atoms with van der Waals surface area (Å²) < 4.78 is 5.95. The Labute approximate surface area is 127 Å². The molecule has 2 aromatic carbocycles. The summed E-state index contributed by atoms with van der Waals surface area (Å²) in [5.74, 6) is 0. The third-order valence-corrected chi connectivity index (χ3v) is 4.24. The molecule has 1 N–H and O–H groups in total. The highest BCUT2D eigenvalue weighted by atomic mass is 16.5. The fraction of sp³-hybridized carbons (Fsp3) is 0.368. The fourth-order valence-corrected chi connectivity index (χ4v) is 2.99. The number of ether oxygens (including phenoxy) is 1. The van der Waals surface area contributed by atoms with Gasteiger partial charge in [0.05, 0.1) is 12.7 Å². The minimum Gasteiger partial charge on any atom is -0.372 e. The summed E-state index contributed by atoms with van der Waals surface area (Å²) in [5, 5.41) is 3.61. The molecule has 110 valence electrons. The highest BCUT2D eigenvalue weighted by Crippen LogP contribution is 2.27. The molecule has 0 spiro atoms. The second-order valence-corrected chi connectivity index (χ2v) is 5.85. The monoisotopic (exact) mass is 281 g/mol. The number of hydrogen-bond donors (Lipinski definition) is 1. The van der Waals surface area contributed by atoms with E-state index in [2.05, 4.69) is 67.7 Å². The van der Waals surface area contributed by atoms with E-state index in [1.54, 1.807) is 0 Å². The minimum atomic E-state index is 0.169. The molecule has 0 aliphatic carbocycles. The van der Waals surface area contributed by atoms with E-state index in [9.17, 15) is 0 Å². The molecular weight excluding hydrogens is 258 g/mol. The molecule has 2 atom stereocenters. The van der Waals surface area contributed by atoms with Crippen LogP contribution in [0.25, 0.3) is 0 Å². The number of rotatable bonds is 4. The molecule has 0 aromatic heterocycles. The van der Waals surface area contributed by atoms with Gasteiger partial charge < -0.3 is 10.1 Å². The van der Waals surface area contributed by atoms with Gasteiger partial charge in [0.25, 0.3) is 0 Å². The van der Waals surface area contributed by atoms with Crippen LogP contribution in [0.4, 0.5) is 0 Å². The maximum atomic E-state index is 5.95. The topological polar surface area (TPSA) is 21.3 Å². The molecule has 0 bridgehead atoms. The Hall–Kier alpha value is -1.64. The summed E-state index contributed by atoms with van der Waals surface area (Å²) in [6, 6.07) is 17.6. The van der Waals surface area contributed by atoms with Crippen molar-refractivity contribution in [1.82, 2.24) is 5.32 Å². The molecule has 3 rings (SSSR count). The van der Waals surface area contributed by atoms with Crippen molar-refractivity contribution >= 4 is 0 Å². The van der Waals surface area contributed by atoms with E-state index in [0.29, 0.717) is 6.04 Å². The molecule has 1 unspecified atom stereocenters. The lowest BCUT2D eigenvalue weighted by Crippen LogP contribution is -2.29. The Kier molecular flexibility index (Phi) is 4.37. The van der Waals surface area contributed by atoms with Gasteiger partial charge in [0.2, 0.25) is 0 Å². The molecule has 0 saturated heterocycles. The molecule has 1 aliphatic rings. The summed E-state index contributed by atoms with van der Waals surface area (Å²) in [6.45, 7) is 6.02. The molecule has 2 aromatic rings. The first kappa shape index (κ1) is 14.3. The van der Waals surface area contributed by atoms with Crippen LogP contribution in [0.15, 0.2) is 48.5 Å². The van der Waals surface area contributed by atoms with Crippen molar-refractivity contribution in [3.05, 3.63) is 70.8 Å². The Morgan fingerprint density at radius 2 is 2.05 bits per heavy atom. The minimum absolute atomic E-state index is 0.169. The maximum absolute atomic E-state index is 5.95.